The summed E-state index contributed by atoms with van der Waals surface area (Å²) in [4.78, 5) is 38.8. The molecule has 3 aromatic carbocycles. The molecule has 1 fully saturated rings. The number of anilines is 1. The van der Waals surface area contributed by atoms with Gasteiger partial charge in [0.05, 0.1) is 12.8 Å². The van der Waals surface area contributed by atoms with Gasteiger partial charge in [-0.15, -0.1) is 0 Å². The molecule has 0 saturated carbocycles. The highest BCUT2D eigenvalue weighted by molar-refractivity contribution is 6.39. The monoisotopic (exact) mass is 494 g/mol. The number of hydrogen-bond donors (Lipinski definition) is 1. The van der Waals surface area contributed by atoms with Crippen LogP contribution in [0.25, 0.3) is 6.08 Å². The molecule has 1 N–H and O–H groups in total. The molecule has 0 aliphatic carbocycles. The predicted molar refractivity (Wildman–Crippen MR) is 129 cm³/mol. The third-order valence-corrected chi connectivity index (χ3v) is 5.70. The van der Waals surface area contributed by atoms with Crippen molar-refractivity contribution in [2.24, 2.45) is 0 Å². The smallest absolute Gasteiger partial charge is 0.335 e. The Kier molecular flexibility index (Phi) is 6.84. The molecule has 3 aromatic rings. The minimum Gasteiger partial charge on any atom is -0.493 e. The second-order valence-corrected chi connectivity index (χ2v) is 8.13. The van der Waals surface area contributed by atoms with Crippen LogP contribution >= 0.6 is 11.6 Å². The largest absolute Gasteiger partial charge is 0.493 e. The second kappa shape index (κ2) is 9.99. The van der Waals surface area contributed by atoms with Crippen LogP contribution in [-0.2, 0) is 16.2 Å². The van der Waals surface area contributed by atoms with Crippen LogP contribution in [0.5, 0.6) is 11.5 Å². The minimum atomic E-state index is -0.865. The van der Waals surface area contributed by atoms with E-state index in [-0.39, 0.29) is 23.7 Å². The van der Waals surface area contributed by atoms with Gasteiger partial charge in [-0.05, 0) is 66.1 Å². The van der Waals surface area contributed by atoms with Gasteiger partial charge in [0.2, 0.25) is 0 Å². The molecule has 0 spiro atoms. The number of imide groups is 2. The molecular formula is C26H20ClFN2O5. The summed E-state index contributed by atoms with van der Waals surface area (Å²) in [6.07, 6.45) is 1.35. The number of methoxy groups -OCH3 is 1. The van der Waals surface area contributed by atoms with Crippen LogP contribution in [0, 0.1) is 12.7 Å². The Hall–Kier alpha value is -4.17. The first kappa shape index (κ1) is 24.0. The molecule has 0 radical (unpaired) electrons. The van der Waals surface area contributed by atoms with Gasteiger partial charge in [0.25, 0.3) is 11.8 Å². The Morgan fingerprint density at radius 1 is 1.03 bits per heavy atom. The molecule has 9 heteroatoms. The Morgan fingerprint density at radius 2 is 1.83 bits per heavy atom. The summed E-state index contributed by atoms with van der Waals surface area (Å²) in [7, 11) is 1.45. The number of nitrogens with zero attached hydrogens (tertiary/aromatic N) is 1. The van der Waals surface area contributed by atoms with E-state index in [1.807, 2.05) is 0 Å². The lowest BCUT2D eigenvalue weighted by Crippen LogP contribution is -2.54. The van der Waals surface area contributed by atoms with Gasteiger partial charge in [-0.25, -0.2) is 14.1 Å². The maximum Gasteiger partial charge on any atom is 0.335 e. The minimum absolute atomic E-state index is 0.117. The highest BCUT2D eigenvalue weighted by Crippen LogP contribution is 2.31. The molecule has 0 aromatic heterocycles. The fraction of sp³-hybridized carbons (Fsp3) is 0.115. The number of amides is 4. The number of halogens is 2. The Balaban J connectivity index is 1.60. The summed E-state index contributed by atoms with van der Waals surface area (Å²) in [5.41, 5.74) is 1.88. The molecular weight excluding hydrogens is 475 g/mol. The SMILES string of the molecule is COc1cc(/C=C2/C(=O)NC(=O)N(c3ccc(C)c(Cl)c3)C2=O)ccc1OCc1cccc(F)c1. The van der Waals surface area contributed by atoms with Gasteiger partial charge < -0.3 is 9.47 Å². The van der Waals surface area contributed by atoms with Crippen LogP contribution in [0.4, 0.5) is 14.9 Å². The molecule has 7 nitrogen and oxygen atoms in total. The van der Waals surface area contributed by atoms with E-state index in [9.17, 15) is 18.8 Å². The van der Waals surface area contributed by atoms with Gasteiger partial charge in [0.15, 0.2) is 11.5 Å². The first-order valence-corrected chi connectivity index (χ1v) is 10.9. The number of rotatable bonds is 6. The van der Waals surface area contributed by atoms with Crippen molar-refractivity contribution in [2.45, 2.75) is 13.5 Å². The quantitative estimate of drug-likeness (QED) is 0.383. The van der Waals surface area contributed by atoms with Crippen LogP contribution in [0.15, 0.2) is 66.2 Å². The molecule has 0 unspecified atom stereocenters. The first-order chi connectivity index (χ1) is 16.8. The van der Waals surface area contributed by atoms with Crippen LogP contribution < -0.4 is 19.7 Å². The van der Waals surface area contributed by atoms with Gasteiger partial charge in [-0.1, -0.05) is 35.9 Å². The van der Waals surface area contributed by atoms with Gasteiger partial charge in [-0.3, -0.25) is 14.9 Å². The number of carbonyl (C=O) groups excluding carboxylic acids is 3. The van der Waals surface area contributed by atoms with Crippen molar-refractivity contribution in [1.82, 2.24) is 5.32 Å². The van der Waals surface area contributed by atoms with Crippen LogP contribution in [0.2, 0.25) is 5.02 Å². The summed E-state index contributed by atoms with van der Waals surface area (Å²) in [5, 5.41) is 2.55. The van der Waals surface area contributed by atoms with Crippen molar-refractivity contribution < 1.29 is 28.2 Å². The maximum absolute atomic E-state index is 13.4. The number of aryl methyl sites for hydroxylation is 1. The van der Waals surface area contributed by atoms with E-state index in [0.29, 0.717) is 27.6 Å². The average molecular weight is 495 g/mol. The number of carbonyl (C=O) groups is 3. The van der Waals surface area contributed by atoms with Crippen molar-refractivity contribution in [1.29, 1.82) is 0 Å². The van der Waals surface area contributed by atoms with Gasteiger partial charge in [0.1, 0.15) is 18.0 Å². The summed E-state index contributed by atoms with van der Waals surface area (Å²) in [6, 6.07) is 14.7. The molecule has 4 rings (SSSR count). The van der Waals surface area contributed by atoms with E-state index in [4.69, 9.17) is 21.1 Å². The van der Waals surface area contributed by atoms with E-state index < -0.39 is 17.8 Å². The molecule has 178 valence electrons. The number of ether oxygens (including phenoxy) is 2. The van der Waals surface area contributed by atoms with Crippen LogP contribution in [-0.4, -0.2) is 25.0 Å². The zero-order chi connectivity index (χ0) is 25.1. The normalized spacial score (nSPS) is 14.8. The number of hydrogen-bond acceptors (Lipinski definition) is 5. The lowest BCUT2D eigenvalue weighted by Gasteiger charge is -2.26. The lowest BCUT2D eigenvalue weighted by molar-refractivity contribution is -0.122. The molecule has 1 aliphatic heterocycles. The number of benzene rings is 3. The van der Waals surface area contributed by atoms with E-state index in [1.165, 1.54) is 31.4 Å². The zero-order valence-electron chi connectivity index (χ0n) is 18.8. The van der Waals surface area contributed by atoms with Crippen LogP contribution in [0.3, 0.4) is 0 Å². The van der Waals surface area contributed by atoms with Crippen molar-refractivity contribution in [3.8, 4) is 11.5 Å². The molecule has 1 aliphatic rings. The van der Waals surface area contributed by atoms with E-state index >= 15 is 0 Å². The predicted octanol–water partition coefficient (Wildman–Crippen LogP) is 5.04. The highest BCUT2D eigenvalue weighted by atomic mass is 35.5. The second-order valence-electron chi connectivity index (χ2n) is 7.72. The third-order valence-electron chi connectivity index (χ3n) is 5.30. The van der Waals surface area contributed by atoms with Crippen molar-refractivity contribution in [3.05, 3.63) is 93.8 Å². The molecule has 0 atom stereocenters. The fourth-order valence-corrected chi connectivity index (χ4v) is 3.64. The molecule has 1 saturated heterocycles. The highest BCUT2D eigenvalue weighted by Gasteiger charge is 2.37. The standard InChI is InChI=1S/C26H20ClFN2O5/c1-15-6-8-19(13-21(15)27)30-25(32)20(24(31)29-26(30)33)11-16-7-9-22(23(12-16)34-2)35-14-17-4-3-5-18(28)10-17/h3-13H,14H2,1-2H3,(H,29,31,33)/b20-11-. The summed E-state index contributed by atoms with van der Waals surface area (Å²) < 4.78 is 24.5. The molecule has 0 bridgehead atoms. The Morgan fingerprint density at radius 3 is 2.54 bits per heavy atom. The number of barbiturate groups is 1. The van der Waals surface area contributed by atoms with Gasteiger partial charge in [0, 0.05) is 5.02 Å². The number of nitrogens with one attached hydrogen (secondary N) is 1. The summed E-state index contributed by atoms with van der Waals surface area (Å²) in [5.74, 6) is -1.23. The molecule has 35 heavy (non-hydrogen) atoms. The van der Waals surface area contributed by atoms with Crippen LogP contribution in [0.1, 0.15) is 16.7 Å². The average Bonchev–Trinajstić information content (AvgIpc) is 2.83. The van der Waals surface area contributed by atoms with Crippen molar-refractivity contribution >= 4 is 41.2 Å². The molecule has 1 heterocycles. The zero-order valence-corrected chi connectivity index (χ0v) is 19.6. The Labute approximate surface area is 205 Å². The first-order valence-electron chi connectivity index (χ1n) is 10.5. The topological polar surface area (TPSA) is 84.9 Å². The summed E-state index contributed by atoms with van der Waals surface area (Å²) >= 11 is 6.15. The van der Waals surface area contributed by atoms with Crippen molar-refractivity contribution in [2.75, 3.05) is 12.0 Å². The van der Waals surface area contributed by atoms with E-state index in [1.54, 1.807) is 49.4 Å². The fourth-order valence-electron chi connectivity index (χ4n) is 3.46. The Bertz CT molecular complexity index is 1370. The van der Waals surface area contributed by atoms with Crippen molar-refractivity contribution in [3.63, 3.8) is 0 Å². The van der Waals surface area contributed by atoms with Gasteiger partial charge >= 0.3 is 6.03 Å². The van der Waals surface area contributed by atoms with E-state index in [0.717, 1.165) is 10.5 Å². The third kappa shape index (κ3) is 5.17. The van der Waals surface area contributed by atoms with E-state index in [2.05, 4.69) is 5.32 Å². The van der Waals surface area contributed by atoms with Gasteiger partial charge in [-0.2, -0.15) is 0 Å². The molecule has 4 amide bonds. The number of urea groups is 1. The maximum atomic E-state index is 13.4. The summed E-state index contributed by atoms with van der Waals surface area (Å²) in [6.45, 7) is 1.91. The lowest BCUT2D eigenvalue weighted by atomic mass is 10.1.